The molecule has 2 rings (SSSR count). The van der Waals surface area contributed by atoms with E-state index >= 15 is 0 Å². The maximum absolute atomic E-state index is 13.0. The maximum atomic E-state index is 13.0. The zero-order valence-electron chi connectivity index (χ0n) is 19.0. The predicted octanol–water partition coefficient (Wildman–Crippen LogP) is 6.22. The van der Waals surface area contributed by atoms with Crippen molar-refractivity contribution in [2.45, 2.75) is 65.0 Å². The molecule has 0 atom stereocenters. The van der Waals surface area contributed by atoms with Gasteiger partial charge >= 0.3 is 8.25 Å². The van der Waals surface area contributed by atoms with Gasteiger partial charge in [0.15, 0.2) is 12.6 Å². The fourth-order valence-electron chi connectivity index (χ4n) is 3.19. The molecule has 0 bridgehead atoms. The molecular formula is C24H31O7P. The van der Waals surface area contributed by atoms with Gasteiger partial charge < -0.3 is 9.47 Å². The van der Waals surface area contributed by atoms with Gasteiger partial charge in [0.25, 0.3) is 0 Å². The second kappa shape index (κ2) is 12.0. The van der Waals surface area contributed by atoms with Crippen LogP contribution in [0.4, 0.5) is 0 Å². The van der Waals surface area contributed by atoms with Crippen molar-refractivity contribution in [3.8, 4) is 11.5 Å². The summed E-state index contributed by atoms with van der Waals surface area (Å²) in [5.41, 5.74) is 0.737. The van der Waals surface area contributed by atoms with Crippen molar-refractivity contribution in [2.75, 3.05) is 0 Å². The summed E-state index contributed by atoms with van der Waals surface area (Å²) in [6.45, 7) is 7.36. The first kappa shape index (κ1) is 25.8. The molecule has 0 aliphatic heterocycles. The van der Waals surface area contributed by atoms with Gasteiger partial charge in [-0.05, 0) is 24.3 Å². The first-order valence-electron chi connectivity index (χ1n) is 10.8. The summed E-state index contributed by atoms with van der Waals surface area (Å²) in [5.74, 6) is -1.81. The van der Waals surface area contributed by atoms with Crippen molar-refractivity contribution < 1.29 is 32.7 Å². The van der Waals surface area contributed by atoms with Crippen LogP contribution in [0.3, 0.4) is 0 Å². The number of hydrogen-bond donors (Lipinski definition) is 0. The predicted molar refractivity (Wildman–Crippen MR) is 123 cm³/mol. The molecule has 174 valence electrons. The van der Waals surface area contributed by atoms with Gasteiger partial charge in [0.05, 0.1) is 11.1 Å². The van der Waals surface area contributed by atoms with E-state index in [1.807, 2.05) is 27.7 Å². The second-order valence-corrected chi connectivity index (χ2v) is 8.11. The van der Waals surface area contributed by atoms with Gasteiger partial charge in [-0.25, -0.2) is 0 Å². The molecule has 0 aromatic heterocycles. The molecular weight excluding hydrogens is 431 g/mol. The van der Waals surface area contributed by atoms with Crippen molar-refractivity contribution in [3.05, 3.63) is 59.7 Å². The zero-order valence-corrected chi connectivity index (χ0v) is 20.0. The molecule has 0 amide bonds. The maximum Gasteiger partial charge on any atom is 0.325 e. The molecule has 0 heterocycles. The Balaban J connectivity index is 2.24. The van der Waals surface area contributed by atoms with Crippen LogP contribution in [0.25, 0.3) is 0 Å². The molecule has 0 radical (unpaired) electrons. The van der Waals surface area contributed by atoms with Crippen molar-refractivity contribution in [3.63, 3.8) is 0 Å². The van der Waals surface area contributed by atoms with Gasteiger partial charge in [0, 0.05) is 25.7 Å². The first-order valence-corrected chi connectivity index (χ1v) is 12.0. The van der Waals surface area contributed by atoms with Crippen molar-refractivity contribution in [1.82, 2.24) is 0 Å². The second-order valence-electron chi connectivity index (χ2n) is 7.21. The molecule has 0 N–H and O–H groups in total. The average Bonchev–Trinajstić information content (AvgIpc) is 2.83. The lowest BCUT2D eigenvalue weighted by Crippen LogP contribution is -2.39. The summed E-state index contributed by atoms with van der Waals surface area (Å²) in [6.07, 6.45) is 2.88. The SMILES string of the molecule is CCC(CC)(Oc1ccccc1C=O)O[PH](=O)OC(CC)(CC)Oc1ccccc1C=O. The van der Waals surface area contributed by atoms with E-state index in [1.165, 1.54) is 0 Å². The van der Waals surface area contributed by atoms with Crippen LogP contribution in [-0.4, -0.2) is 24.1 Å². The summed E-state index contributed by atoms with van der Waals surface area (Å²) < 4.78 is 36.8. The van der Waals surface area contributed by atoms with Crippen LogP contribution in [0, 0.1) is 0 Å². The molecule has 2 aromatic rings. The van der Waals surface area contributed by atoms with E-state index in [-0.39, 0.29) is 0 Å². The first-order chi connectivity index (χ1) is 15.4. The number of para-hydroxylation sites is 2. The highest BCUT2D eigenvalue weighted by molar-refractivity contribution is 7.33. The van der Waals surface area contributed by atoms with Gasteiger partial charge in [-0.2, -0.15) is 0 Å². The van der Waals surface area contributed by atoms with Crippen LogP contribution in [-0.2, 0) is 13.6 Å². The number of hydrogen-bond acceptors (Lipinski definition) is 7. The topological polar surface area (TPSA) is 88.1 Å². The molecule has 0 aliphatic rings. The number of carbonyl (C=O) groups is 2. The van der Waals surface area contributed by atoms with Gasteiger partial charge in [-0.1, -0.05) is 52.0 Å². The van der Waals surface area contributed by atoms with E-state index in [0.29, 0.717) is 60.9 Å². The lowest BCUT2D eigenvalue weighted by atomic mass is 10.1. The largest absolute Gasteiger partial charge is 0.461 e. The number of carbonyl (C=O) groups excluding carboxylic acids is 2. The van der Waals surface area contributed by atoms with Gasteiger partial charge in [0.2, 0.25) is 11.6 Å². The highest BCUT2D eigenvalue weighted by Crippen LogP contribution is 2.43. The van der Waals surface area contributed by atoms with Crippen LogP contribution in [0.15, 0.2) is 48.5 Å². The van der Waals surface area contributed by atoms with E-state index in [2.05, 4.69) is 0 Å². The average molecular weight is 462 g/mol. The third-order valence-electron chi connectivity index (χ3n) is 5.38. The number of aldehydes is 2. The highest BCUT2D eigenvalue weighted by atomic mass is 31.1. The molecule has 0 spiro atoms. The molecule has 7 nitrogen and oxygen atoms in total. The minimum absolute atomic E-state index is 0.342. The molecule has 0 fully saturated rings. The Bertz CT molecular complexity index is 847. The molecule has 0 unspecified atom stereocenters. The highest BCUT2D eigenvalue weighted by Gasteiger charge is 2.38. The molecule has 32 heavy (non-hydrogen) atoms. The zero-order chi connectivity index (χ0) is 23.6. The summed E-state index contributed by atoms with van der Waals surface area (Å²) in [7, 11) is -3.10. The monoisotopic (exact) mass is 462 g/mol. The van der Waals surface area contributed by atoms with E-state index in [0.717, 1.165) is 0 Å². The van der Waals surface area contributed by atoms with Crippen LogP contribution in [0.2, 0.25) is 0 Å². The Morgan fingerprint density at radius 3 is 1.34 bits per heavy atom. The Hall–Kier alpha value is -2.47. The van der Waals surface area contributed by atoms with Gasteiger partial charge in [0.1, 0.15) is 11.5 Å². The number of ether oxygens (including phenoxy) is 2. The fourth-order valence-corrected chi connectivity index (χ4v) is 4.50. The van der Waals surface area contributed by atoms with Gasteiger partial charge in [-0.15, -0.1) is 0 Å². The Kier molecular flexibility index (Phi) is 9.63. The summed E-state index contributed by atoms with van der Waals surface area (Å²) in [6, 6.07) is 13.5. The van der Waals surface area contributed by atoms with Crippen molar-refractivity contribution in [1.29, 1.82) is 0 Å². The molecule has 0 aliphatic carbocycles. The Morgan fingerprint density at radius 1 is 0.688 bits per heavy atom. The summed E-state index contributed by atoms with van der Waals surface area (Å²) >= 11 is 0. The normalized spacial score (nSPS) is 11.9. The van der Waals surface area contributed by atoms with Crippen LogP contribution in [0.5, 0.6) is 11.5 Å². The van der Waals surface area contributed by atoms with Crippen molar-refractivity contribution >= 4 is 20.8 Å². The lowest BCUT2D eigenvalue weighted by molar-refractivity contribution is -0.155. The number of rotatable bonds is 14. The minimum atomic E-state index is -3.10. The van der Waals surface area contributed by atoms with Crippen LogP contribution < -0.4 is 9.47 Å². The molecule has 2 aromatic carbocycles. The van der Waals surface area contributed by atoms with Crippen LogP contribution >= 0.6 is 8.25 Å². The van der Waals surface area contributed by atoms with E-state index in [1.54, 1.807) is 48.5 Å². The molecule has 0 saturated heterocycles. The Labute approximate surface area is 190 Å². The van der Waals surface area contributed by atoms with E-state index < -0.39 is 19.8 Å². The van der Waals surface area contributed by atoms with E-state index in [4.69, 9.17) is 18.5 Å². The lowest BCUT2D eigenvalue weighted by Gasteiger charge is -2.36. The number of benzene rings is 2. The van der Waals surface area contributed by atoms with E-state index in [9.17, 15) is 14.2 Å². The smallest absolute Gasteiger partial charge is 0.325 e. The third kappa shape index (κ3) is 6.28. The van der Waals surface area contributed by atoms with Crippen LogP contribution in [0.1, 0.15) is 74.1 Å². The minimum Gasteiger partial charge on any atom is -0.461 e. The third-order valence-corrected chi connectivity index (χ3v) is 6.45. The summed E-state index contributed by atoms with van der Waals surface area (Å²) in [5, 5.41) is 0. The summed E-state index contributed by atoms with van der Waals surface area (Å²) in [4.78, 5) is 22.7. The van der Waals surface area contributed by atoms with Gasteiger partial charge in [-0.3, -0.25) is 23.2 Å². The fraction of sp³-hybridized carbons (Fsp3) is 0.417. The quantitative estimate of drug-likeness (QED) is 0.187. The Morgan fingerprint density at radius 2 is 1.03 bits per heavy atom. The molecule has 8 heteroatoms. The standard InChI is InChI=1S/C24H31O7P/c1-5-23(6-2,28-21-15-11-9-13-19(21)17-25)30-32(27)31-24(7-3,8-4)29-22-16-12-10-14-20(22)18-26/h9-18,32H,5-8H2,1-4H3. The molecule has 0 saturated carbocycles. The van der Waals surface area contributed by atoms with Crippen molar-refractivity contribution in [2.24, 2.45) is 0 Å².